The number of benzene rings is 1. The zero-order valence-corrected chi connectivity index (χ0v) is 10.3. The molecule has 1 heterocycles. The fourth-order valence-corrected chi connectivity index (χ4v) is 2.28. The smallest absolute Gasteiger partial charge is 0.282 e. The van der Waals surface area contributed by atoms with Gasteiger partial charge < -0.3 is 10.5 Å². The Morgan fingerprint density at radius 2 is 2.06 bits per heavy atom. The van der Waals surface area contributed by atoms with Gasteiger partial charge in [0.2, 0.25) is 0 Å². The molecule has 92 valence electrons. The van der Waals surface area contributed by atoms with Crippen LogP contribution in [0.3, 0.4) is 0 Å². The summed E-state index contributed by atoms with van der Waals surface area (Å²) >= 11 is 0. The highest BCUT2D eigenvalue weighted by atomic mass is 16.5. The number of amidine groups is 1. The predicted molar refractivity (Wildman–Crippen MR) is 70.0 cm³/mol. The van der Waals surface area contributed by atoms with E-state index in [1.807, 2.05) is 6.07 Å². The third kappa shape index (κ3) is 3.22. The minimum absolute atomic E-state index is 0.186. The molecule has 1 aromatic carbocycles. The summed E-state index contributed by atoms with van der Waals surface area (Å²) in [4.78, 5) is 4.34. The van der Waals surface area contributed by atoms with Gasteiger partial charge in [0.1, 0.15) is 6.10 Å². The number of nitrogens with two attached hydrogens (primary N) is 1. The summed E-state index contributed by atoms with van der Waals surface area (Å²) in [6.45, 7) is 2.11. The van der Waals surface area contributed by atoms with Crippen LogP contribution in [0.1, 0.15) is 31.7 Å². The van der Waals surface area contributed by atoms with E-state index in [1.165, 1.54) is 5.56 Å². The topological polar surface area (TPSA) is 47.6 Å². The number of hydrogen-bond donors (Lipinski definition) is 1. The van der Waals surface area contributed by atoms with Gasteiger partial charge in [0.15, 0.2) is 0 Å². The first-order chi connectivity index (χ1) is 8.29. The third-order valence-corrected chi connectivity index (χ3v) is 3.20. The summed E-state index contributed by atoms with van der Waals surface area (Å²) < 4.78 is 5.45. The molecule has 2 unspecified atom stereocenters. The van der Waals surface area contributed by atoms with Crippen molar-refractivity contribution in [1.82, 2.24) is 0 Å². The standard InChI is InChI=1S/C14H20N2O/c1-2-13-12(16-14(15)17-13)10-6-9-11-7-4-3-5-8-11/h3-5,7-8,12-13H,2,6,9-10H2,1H3,(H2,15,16). The number of hydrogen-bond acceptors (Lipinski definition) is 3. The molecule has 2 rings (SSSR count). The summed E-state index contributed by atoms with van der Waals surface area (Å²) in [6.07, 6.45) is 4.44. The highest BCUT2D eigenvalue weighted by molar-refractivity contribution is 5.73. The molecule has 2 N–H and O–H groups in total. The van der Waals surface area contributed by atoms with E-state index >= 15 is 0 Å². The molecule has 0 saturated carbocycles. The first-order valence-corrected chi connectivity index (χ1v) is 6.33. The van der Waals surface area contributed by atoms with Crippen LogP contribution in [0.4, 0.5) is 0 Å². The maximum absolute atomic E-state index is 5.60. The lowest BCUT2D eigenvalue weighted by Crippen LogP contribution is -2.23. The number of aryl methyl sites for hydroxylation is 1. The fraction of sp³-hybridized carbons (Fsp3) is 0.500. The Hall–Kier alpha value is -1.51. The first kappa shape index (κ1) is 12.0. The van der Waals surface area contributed by atoms with Crippen molar-refractivity contribution in [2.24, 2.45) is 10.7 Å². The van der Waals surface area contributed by atoms with Crippen LogP contribution >= 0.6 is 0 Å². The van der Waals surface area contributed by atoms with Crippen molar-refractivity contribution in [2.45, 2.75) is 44.8 Å². The van der Waals surface area contributed by atoms with Crippen LogP contribution in [-0.2, 0) is 11.2 Å². The van der Waals surface area contributed by atoms with Gasteiger partial charge in [-0.1, -0.05) is 37.3 Å². The van der Waals surface area contributed by atoms with Crippen LogP contribution in [0, 0.1) is 0 Å². The molecular weight excluding hydrogens is 212 g/mol. The van der Waals surface area contributed by atoms with Gasteiger partial charge >= 0.3 is 0 Å². The molecule has 1 aliphatic heterocycles. The lowest BCUT2D eigenvalue weighted by Gasteiger charge is -2.14. The molecule has 1 aromatic rings. The molecule has 0 bridgehead atoms. The van der Waals surface area contributed by atoms with E-state index in [-0.39, 0.29) is 12.1 Å². The molecule has 0 amide bonds. The molecule has 3 heteroatoms. The minimum Gasteiger partial charge on any atom is -0.460 e. The van der Waals surface area contributed by atoms with E-state index < -0.39 is 0 Å². The molecule has 1 aliphatic rings. The Morgan fingerprint density at radius 1 is 1.29 bits per heavy atom. The zero-order valence-electron chi connectivity index (χ0n) is 10.3. The van der Waals surface area contributed by atoms with Crippen LogP contribution in [-0.4, -0.2) is 18.2 Å². The molecule has 0 saturated heterocycles. The monoisotopic (exact) mass is 232 g/mol. The fourth-order valence-electron chi connectivity index (χ4n) is 2.28. The van der Waals surface area contributed by atoms with Crippen molar-refractivity contribution in [3.63, 3.8) is 0 Å². The van der Waals surface area contributed by atoms with Crippen molar-refractivity contribution >= 4 is 6.02 Å². The predicted octanol–water partition coefficient (Wildman–Crippen LogP) is 2.50. The second-order valence-electron chi connectivity index (χ2n) is 4.48. The number of aliphatic imine (C=N–C) groups is 1. The summed E-state index contributed by atoms with van der Waals surface area (Å²) in [5, 5.41) is 0. The second-order valence-corrected chi connectivity index (χ2v) is 4.48. The van der Waals surface area contributed by atoms with Crippen molar-refractivity contribution in [2.75, 3.05) is 0 Å². The average Bonchev–Trinajstić information content (AvgIpc) is 2.71. The minimum atomic E-state index is 0.186. The Balaban J connectivity index is 1.79. The lowest BCUT2D eigenvalue weighted by atomic mass is 10.0. The number of ether oxygens (including phenoxy) is 1. The molecule has 0 fully saturated rings. The molecule has 0 radical (unpaired) electrons. The normalized spacial score (nSPS) is 23.2. The molecule has 2 atom stereocenters. The molecule has 3 nitrogen and oxygen atoms in total. The highest BCUT2D eigenvalue weighted by Gasteiger charge is 2.27. The summed E-state index contributed by atoms with van der Waals surface area (Å²) in [5.41, 5.74) is 6.99. The number of rotatable bonds is 5. The second kappa shape index (κ2) is 5.71. The van der Waals surface area contributed by atoms with Gasteiger partial charge in [-0.05, 0) is 31.2 Å². The zero-order chi connectivity index (χ0) is 12.1. The summed E-state index contributed by atoms with van der Waals surface area (Å²) in [5.74, 6) is 0. The van der Waals surface area contributed by atoms with Gasteiger partial charge in [-0.3, -0.25) is 0 Å². The van der Waals surface area contributed by atoms with Crippen molar-refractivity contribution < 1.29 is 4.74 Å². The summed E-state index contributed by atoms with van der Waals surface area (Å²) in [6, 6.07) is 11.2. The van der Waals surface area contributed by atoms with Gasteiger partial charge in [-0.2, -0.15) is 0 Å². The van der Waals surface area contributed by atoms with Gasteiger partial charge in [0, 0.05) is 0 Å². The first-order valence-electron chi connectivity index (χ1n) is 6.33. The third-order valence-electron chi connectivity index (χ3n) is 3.20. The van der Waals surface area contributed by atoms with Crippen LogP contribution in [0.15, 0.2) is 35.3 Å². The van der Waals surface area contributed by atoms with Gasteiger partial charge in [-0.15, -0.1) is 0 Å². The van der Waals surface area contributed by atoms with Crippen LogP contribution in [0.25, 0.3) is 0 Å². The van der Waals surface area contributed by atoms with Crippen LogP contribution in [0.2, 0.25) is 0 Å². The van der Waals surface area contributed by atoms with Crippen LogP contribution < -0.4 is 5.73 Å². The van der Waals surface area contributed by atoms with E-state index in [0.29, 0.717) is 6.02 Å². The van der Waals surface area contributed by atoms with Gasteiger partial charge in [-0.25, -0.2) is 4.99 Å². The lowest BCUT2D eigenvalue weighted by molar-refractivity contribution is 0.179. The Bertz CT molecular complexity index is 375. The van der Waals surface area contributed by atoms with E-state index in [4.69, 9.17) is 10.5 Å². The van der Waals surface area contributed by atoms with E-state index in [2.05, 4.69) is 36.2 Å². The average molecular weight is 232 g/mol. The van der Waals surface area contributed by atoms with E-state index in [1.54, 1.807) is 0 Å². The Kier molecular flexibility index (Phi) is 4.02. The largest absolute Gasteiger partial charge is 0.460 e. The molecule has 0 aromatic heterocycles. The molecule has 0 spiro atoms. The Morgan fingerprint density at radius 3 is 2.76 bits per heavy atom. The van der Waals surface area contributed by atoms with Crippen molar-refractivity contribution in [1.29, 1.82) is 0 Å². The SMILES string of the molecule is CCC1OC(N)=NC1CCCc1ccccc1. The maximum Gasteiger partial charge on any atom is 0.282 e. The van der Waals surface area contributed by atoms with E-state index in [0.717, 1.165) is 25.7 Å². The maximum atomic E-state index is 5.60. The number of nitrogens with zero attached hydrogens (tertiary/aromatic N) is 1. The quantitative estimate of drug-likeness (QED) is 0.848. The summed E-state index contributed by atoms with van der Waals surface area (Å²) in [7, 11) is 0. The highest BCUT2D eigenvalue weighted by Crippen LogP contribution is 2.20. The Labute approximate surface area is 103 Å². The molecule has 17 heavy (non-hydrogen) atoms. The van der Waals surface area contributed by atoms with Crippen molar-refractivity contribution in [3.8, 4) is 0 Å². The molecule has 0 aliphatic carbocycles. The van der Waals surface area contributed by atoms with Crippen molar-refractivity contribution in [3.05, 3.63) is 35.9 Å². The van der Waals surface area contributed by atoms with Gasteiger partial charge in [0.05, 0.1) is 6.04 Å². The van der Waals surface area contributed by atoms with Gasteiger partial charge in [0.25, 0.3) is 6.02 Å². The molecular formula is C14H20N2O. The van der Waals surface area contributed by atoms with E-state index in [9.17, 15) is 0 Å². The van der Waals surface area contributed by atoms with Crippen LogP contribution in [0.5, 0.6) is 0 Å².